The van der Waals surface area contributed by atoms with E-state index in [1.807, 2.05) is 36.4 Å². The lowest BCUT2D eigenvalue weighted by Gasteiger charge is -2.09. The molecule has 3 rings (SSSR count). The molecular formula is C18H22N2O2S. The number of rotatable bonds is 6. The molecule has 1 aromatic heterocycles. The van der Waals surface area contributed by atoms with Gasteiger partial charge in [0.15, 0.2) is 0 Å². The molecule has 2 aromatic rings. The number of carbonyl (C=O) groups excluding carboxylic acids is 1. The quantitative estimate of drug-likeness (QED) is 0.855. The molecule has 1 fully saturated rings. The molecule has 5 heteroatoms. The van der Waals surface area contributed by atoms with Crippen LogP contribution in [0, 0.1) is 5.92 Å². The van der Waals surface area contributed by atoms with Crippen molar-refractivity contribution in [3.8, 4) is 16.2 Å². The van der Waals surface area contributed by atoms with Gasteiger partial charge in [-0.1, -0.05) is 30.3 Å². The molecule has 4 nitrogen and oxygen atoms in total. The van der Waals surface area contributed by atoms with Gasteiger partial charge in [0, 0.05) is 11.4 Å². The zero-order valence-corrected chi connectivity index (χ0v) is 14.1. The van der Waals surface area contributed by atoms with Crippen molar-refractivity contribution in [2.45, 2.75) is 12.8 Å². The average Bonchev–Trinajstić information content (AvgIpc) is 3.25. The highest BCUT2D eigenvalue weighted by Crippen LogP contribution is 2.36. The van der Waals surface area contributed by atoms with Crippen molar-refractivity contribution in [3.05, 3.63) is 41.3 Å². The van der Waals surface area contributed by atoms with E-state index in [9.17, 15) is 4.79 Å². The number of nitrogens with one attached hydrogen (secondary N) is 2. The number of amides is 1. The van der Waals surface area contributed by atoms with E-state index in [1.54, 1.807) is 7.11 Å². The second-order valence-corrected chi connectivity index (χ2v) is 6.83. The third-order valence-corrected chi connectivity index (χ3v) is 5.35. The fourth-order valence-corrected chi connectivity index (χ4v) is 3.91. The summed E-state index contributed by atoms with van der Waals surface area (Å²) in [6, 6.07) is 12.0. The number of carbonyl (C=O) groups is 1. The maximum absolute atomic E-state index is 12.4. The molecule has 2 heterocycles. The topological polar surface area (TPSA) is 50.4 Å². The van der Waals surface area contributed by atoms with E-state index >= 15 is 0 Å². The third kappa shape index (κ3) is 3.92. The van der Waals surface area contributed by atoms with Crippen LogP contribution in [-0.2, 0) is 0 Å². The van der Waals surface area contributed by atoms with Crippen molar-refractivity contribution in [1.29, 1.82) is 0 Å². The zero-order valence-electron chi connectivity index (χ0n) is 13.3. The van der Waals surface area contributed by atoms with E-state index in [0.29, 0.717) is 23.1 Å². The first kappa shape index (κ1) is 16.0. The maximum Gasteiger partial charge on any atom is 0.265 e. The zero-order chi connectivity index (χ0) is 16.1. The van der Waals surface area contributed by atoms with Gasteiger partial charge in [0.25, 0.3) is 5.91 Å². The molecule has 0 radical (unpaired) electrons. The van der Waals surface area contributed by atoms with Crippen LogP contribution in [0.15, 0.2) is 36.4 Å². The van der Waals surface area contributed by atoms with Gasteiger partial charge in [-0.15, -0.1) is 11.3 Å². The molecule has 1 saturated heterocycles. The van der Waals surface area contributed by atoms with Crippen LogP contribution in [0.25, 0.3) is 10.4 Å². The van der Waals surface area contributed by atoms with Crippen molar-refractivity contribution in [2.24, 2.45) is 5.92 Å². The summed E-state index contributed by atoms with van der Waals surface area (Å²) >= 11 is 1.48. The Morgan fingerprint density at radius 2 is 2.22 bits per heavy atom. The Balaban J connectivity index is 1.66. The SMILES string of the molecule is COc1cc(-c2ccccc2)sc1C(=O)NCCC1CCNC1. The Bertz CT molecular complexity index is 648. The smallest absolute Gasteiger partial charge is 0.265 e. The van der Waals surface area contributed by atoms with Gasteiger partial charge < -0.3 is 15.4 Å². The van der Waals surface area contributed by atoms with Gasteiger partial charge in [-0.25, -0.2) is 0 Å². The molecule has 0 bridgehead atoms. The second-order valence-electron chi connectivity index (χ2n) is 5.78. The molecule has 1 aliphatic heterocycles. The van der Waals surface area contributed by atoms with E-state index in [4.69, 9.17) is 4.74 Å². The first-order valence-corrected chi connectivity index (χ1v) is 8.81. The molecule has 0 spiro atoms. The lowest BCUT2D eigenvalue weighted by Crippen LogP contribution is -2.26. The first-order valence-electron chi connectivity index (χ1n) is 8.00. The fraction of sp³-hybridized carbons (Fsp3) is 0.389. The molecule has 0 aliphatic carbocycles. The van der Waals surface area contributed by atoms with E-state index in [1.165, 1.54) is 17.8 Å². The number of hydrogen-bond acceptors (Lipinski definition) is 4. The van der Waals surface area contributed by atoms with Gasteiger partial charge in [-0.05, 0) is 43.5 Å². The lowest BCUT2D eigenvalue weighted by atomic mass is 10.1. The molecule has 1 aliphatic rings. The van der Waals surface area contributed by atoms with Gasteiger partial charge in [-0.3, -0.25) is 4.79 Å². The van der Waals surface area contributed by atoms with Crippen molar-refractivity contribution >= 4 is 17.2 Å². The largest absolute Gasteiger partial charge is 0.495 e. The van der Waals surface area contributed by atoms with Crippen LogP contribution in [0.3, 0.4) is 0 Å². The molecule has 1 unspecified atom stereocenters. The summed E-state index contributed by atoms with van der Waals surface area (Å²) in [7, 11) is 1.61. The maximum atomic E-state index is 12.4. The van der Waals surface area contributed by atoms with Crippen LogP contribution < -0.4 is 15.4 Å². The standard InChI is InChI=1S/C18H22N2O2S/c1-22-15-11-16(14-5-3-2-4-6-14)23-17(15)18(21)20-10-8-13-7-9-19-12-13/h2-6,11,13,19H,7-10,12H2,1H3,(H,20,21). The van der Waals surface area contributed by atoms with Crippen LogP contribution >= 0.6 is 11.3 Å². The predicted molar refractivity (Wildman–Crippen MR) is 94.2 cm³/mol. The Labute approximate surface area is 140 Å². The fourth-order valence-electron chi connectivity index (χ4n) is 2.86. The normalized spacial score (nSPS) is 17.2. The van der Waals surface area contributed by atoms with Crippen molar-refractivity contribution < 1.29 is 9.53 Å². The Morgan fingerprint density at radius 1 is 1.39 bits per heavy atom. The Kier molecular flexibility index (Phi) is 5.31. The summed E-state index contributed by atoms with van der Waals surface area (Å²) < 4.78 is 5.39. The van der Waals surface area contributed by atoms with Gasteiger partial charge in [0.05, 0.1) is 7.11 Å². The predicted octanol–water partition coefficient (Wildman–Crippen LogP) is 3.15. The molecule has 1 aromatic carbocycles. The van der Waals surface area contributed by atoms with Crippen molar-refractivity contribution in [3.63, 3.8) is 0 Å². The highest BCUT2D eigenvalue weighted by Gasteiger charge is 2.19. The second kappa shape index (κ2) is 7.62. The number of thiophene rings is 1. The van der Waals surface area contributed by atoms with Gasteiger partial charge in [-0.2, -0.15) is 0 Å². The molecule has 122 valence electrons. The van der Waals surface area contributed by atoms with Crippen LogP contribution in [0.4, 0.5) is 0 Å². The highest BCUT2D eigenvalue weighted by molar-refractivity contribution is 7.17. The number of hydrogen-bond donors (Lipinski definition) is 2. The van der Waals surface area contributed by atoms with Crippen molar-refractivity contribution in [2.75, 3.05) is 26.7 Å². The molecular weight excluding hydrogens is 308 g/mol. The Morgan fingerprint density at radius 3 is 2.91 bits per heavy atom. The minimum Gasteiger partial charge on any atom is -0.495 e. The van der Waals surface area contributed by atoms with E-state index < -0.39 is 0 Å². The van der Waals surface area contributed by atoms with E-state index in [-0.39, 0.29) is 5.91 Å². The average molecular weight is 330 g/mol. The number of benzene rings is 1. The molecule has 1 amide bonds. The van der Waals surface area contributed by atoms with E-state index in [0.717, 1.165) is 30.0 Å². The molecule has 23 heavy (non-hydrogen) atoms. The monoisotopic (exact) mass is 330 g/mol. The van der Waals surface area contributed by atoms with Gasteiger partial charge in [0.2, 0.25) is 0 Å². The van der Waals surface area contributed by atoms with Crippen LogP contribution in [-0.4, -0.2) is 32.7 Å². The van der Waals surface area contributed by atoms with E-state index in [2.05, 4.69) is 10.6 Å². The molecule has 2 N–H and O–H groups in total. The summed E-state index contributed by atoms with van der Waals surface area (Å²) in [5.74, 6) is 1.29. The highest BCUT2D eigenvalue weighted by atomic mass is 32.1. The number of methoxy groups -OCH3 is 1. The summed E-state index contributed by atoms with van der Waals surface area (Å²) in [6.07, 6.45) is 2.23. The third-order valence-electron chi connectivity index (χ3n) is 4.18. The van der Waals surface area contributed by atoms with Crippen LogP contribution in [0.5, 0.6) is 5.75 Å². The van der Waals surface area contributed by atoms with Gasteiger partial charge >= 0.3 is 0 Å². The minimum absolute atomic E-state index is 0.0417. The minimum atomic E-state index is -0.0417. The summed E-state index contributed by atoms with van der Waals surface area (Å²) in [5.41, 5.74) is 1.10. The Hall–Kier alpha value is -1.85. The first-order chi connectivity index (χ1) is 11.3. The summed E-state index contributed by atoms with van der Waals surface area (Å²) in [5, 5.41) is 6.38. The summed E-state index contributed by atoms with van der Waals surface area (Å²) in [6.45, 7) is 2.88. The van der Waals surface area contributed by atoms with Crippen LogP contribution in [0.1, 0.15) is 22.5 Å². The number of ether oxygens (including phenoxy) is 1. The lowest BCUT2D eigenvalue weighted by molar-refractivity contribution is 0.0953. The van der Waals surface area contributed by atoms with Crippen LogP contribution in [0.2, 0.25) is 0 Å². The van der Waals surface area contributed by atoms with Crippen molar-refractivity contribution in [1.82, 2.24) is 10.6 Å². The molecule has 1 atom stereocenters. The molecule has 0 saturated carbocycles. The van der Waals surface area contributed by atoms with Gasteiger partial charge in [0.1, 0.15) is 10.6 Å². The summed E-state index contributed by atoms with van der Waals surface area (Å²) in [4.78, 5) is 14.1.